The SMILES string of the molecule is CCCCC(CC)COCCCN.O=C1C=CC(N([O-])[O-])=CC1=NN=C1C(=O)C=Cc2ccccc21.O=[N+]([O-])c1ccc([O-])c(N=Nc2c([O-])ccc3ccccc23)c1.[Cr+3].[H+]. The number of allylic oxidation sites excluding steroid dienone is 4. The van der Waals surface area contributed by atoms with Crippen LogP contribution in [-0.2, 0) is 31.7 Å². The molecule has 0 fully saturated rings. The molecule has 2 aliphatic rings. The van der Waals surface area contributed by atoms with Crippen molar-refractivity contribution in [3.63, 3.8) is 0 Å². The Kier molecular flexibility index (Phi) is 19.8. The van der Waals surface area contributed by atoms with Crippen LogP contribution >= 0.6 is 0 Å². The number of ether oxygens (including phenoxy) is 1. The van der Waals surface area contributed by atoms with Crippen molar-refractivity contribution >= 4 is 56.9 Å². The van der Waals surface area contributed by atoms with Crippen LogP contribution in [-0.4, -0.2) is 52.9 Å². The van der Waals surface area contributed by atoms with Crippen LogP contribution in [0.3, 0.4) is 0 Å². The molecule has 0 saturated heterocycles. The van der Waals surface area contributed by atoms with Crippen LogP contribution in [0.15, 0.2) is 129 Å². The minimum absolute atomic E-state index is 0. The number of carbonyl (C=O) groups is 2. The van der Waals surface area contributed by atoms with E-state index in [1.54, 1.807) is 36.4 Å². The van der Waals surface area contributed by atoms with Crippen LogP contribution in [0.2, 0.25) is 0 Å². The number of ketones is 2. The van der Waals surface area contributed by atoms with Crippen molar-refractivity contribution in [2.45, 2.75) is 46.0 Å². The Bertz CT molecular complexity index is 2310. The predicted octanol–water partition coefficient (Wildman–Crippen LogP) is 7.74. The summed E-state index contributed by atoms with van der Waals surface area (Å²) in [5.74, 6) is -0.938. The van der Waals surface area contributed by atoms with E-state index in [0.717, 1.165) is 79.5 Å². The van der Waals surface area contributed by atoms with Gasteiger partial charge in [-0.1, -0.05) is 117 Å². The first-order valence-corrected chi connectivity index (χ1v) is 18.9. The number of benzene rings is 4. The third-order valence-corrected chi connectivity index (χ3v) is 8.94. The molecule has 0 amide bonds. The number of carbonyl (C=O) groups excluding carboxylic acids is 2. The summed E-state index contributed by atoms with van der Waals surface area (Å²) in [5, 5.41) is 71.9. The summed E-state index contributed by atoms with van der Waals surface area (Å²) in [6, 6.07) is 20.4. The summed E-state index contributed by atoms with van der Waals surface area (Å²) in [7, 11) is 0. The van der Waals surface area contributed by atoms with Gasteiger partial charge in [0.25, 0.3) is 5.69 Å². The maximum atomic E-state index is 12.0. The van der Waals surface area contributed by atoms with Crippen LogP contribution in [0.5, 0.6) is 11.5 Å². The standard InChI is InChI=1S/C16H11N3O4.C16H9N3O4.C11H25NO.Cr/c2*20-14-8-6-11(19(22)23)9-13(14)17-18-16-12-4-2-1-3-10(12)5-7-15(16)21;1-3-5-7-11(4-2)10-13-9-6-8-12;/h1-9,20-21H;1-9H;11H,3-10,12H2,1-2H3;/q;-2;;+3/p-1. The molecule has 0 bridgehead atoms. The van der Waals surface area contributed by atoms with E-state index in [9.17, 15) is 40.3 Å². The van der Waals surface area contributed by atoms with Crippen LogP contribution in [0.1, 0.15) is 58.5 Å². The fourth-order valence-corrected chi connectivity index (χ4v) is 5.61. The third-order valence-electron chi connectivity index (χ3n) is 8.94. The second kappa shape index (κ2) is 24.7. The number of azo groups is 1. The summed E-state index contributed by atoms with van der Waals surface area (Å²) in [5.41, 5.74) is 6.06. The van der Waals surface area contributed by atoms with E-state index in [1.165, 1.54) is 37.8 Å². The van der Waals surface area contributed by atoms with Crippen molar-refractivity contribution in [1.82, 2.24) is 5.23 Å². The van der Waals surface area contributed by atoms with E-state index in [2.05, 4.69) is 34.3 Å². The van der Waals surface area contributed by atoms with Crippen LogP contribution in [0.4, 0.5) is 17.1 Å². The second-order valence-corrected chi connectivity index (χ2v) is 13.1. The van der Waals surface area contributed by atoms with E-state index in [1.807, 2.05) is 24.3 Å². The average Bonchev–Trinajstić information content (AvgIpc) is 3.24. The van der Waals surface area contributed by atoms with Gasteiger partial charge in [0.2, 0.25) is 11.6 Å². The van der Waals surface area contributed by atoms with E-state index in [0.29, 0.717) is 10.9 Å². The van der Waals surface area contributed by atoms with Gasteiger partial charge < -0.3 is 36.3 Å². The maximum Gasteiger partial charge on any atom is 3.00 e. The van der Waals surface area contributed by atoms with Crippen molar-refractivity contribution in [3.05, 3.63) is 141 Å². The molecule has 1 radical (unpaired) electrons. The molecule has 1 atom stereocenters. The molecule has 1 unspecified atom stereocenters. The van der Waals surface area contributed by atoms with Crippen molar-refractivity contribution in [2.75, 3.05) is 19.8 Å². The van der Waals surface area contributed by atoms with Crippen molar-refractivity contribution in [1.29, 1.82) is 0 Å². The molecule has 4 aromatic rings. The molecule has 0 saturated carbocycles. The molecular formula is C43H44CrN7O9. The van der Waals surface area contributed by atoms with Crippen molar-refractivity contribution in [3.8, 4) is 11.5 Å². The number of fused-ring (bicyclic) bond motifs is 2. The summed E-state index contributed by atoms with van der Waals surface area (Å²) < 4.78 is 5.54. The topological polar surface area (TPSA) is 257 Å². The molecule has 16 nitrogen and oxygen atoms in total. The normalized spacial score (nSPS) is 14.8. The van der Waals surface area contributed by atoms with Gasteiger partial charge in [-0.2, -0.15) is 10.2 Å². The number of rotatable bonds is 14. The first-order valence-electron chi connectivity index (χ1n) is 18.9. The molecule has 4 aromatic carbocycles. The zero-order chi connectivity index (χ0) is 42.7. The quantitative estimate of drug-likeness (QED) is 0.0422. The van der Waals surface area contributed by atoms with Gasteiger partial charge in [-0.15, -0.1) is 10.2 Å². The predicted molar refractivity (Wildman–Crippen MR) is 224 cm³/mol. The smallest absolute Gasteiger partial charge is 0.871 e. The Hall–Kier alpha value is -6.19. The molecule has 0 spiro atoms. The molecule has 0 aromatic heterocycles. The van der Waals surface area contributed by atoms with Gasteiger partial charge in [-0.3, -0.25) is 19.7 Å². The number of nitro benzene ring substituents is 1. The molecule has 0 heterocycles. The number of hydrogen-bond acceptors (Lipinski definition) is 15. The Balaban J connectivity index is 0.000000324. The average molecular weight is 855 g/mol. The van der Waals surface area contributed by atoms with Gasteiger partial charge in [-0.25, -0.2) is 0 Å². The number of unbranched alkanes of at least 4 members (excludes halogenated alkanes) is 1. The van der Waals surface area contributed by atoms with Crippen LogP contribution in [0.25, 0.3) is 16.8 Å². The van der Waals surface area contributed by atoms with Gasteiger partial charge in [0.1, 0.15) is 11.4 Å². The van der Waals surface area contributed by atoms with Gasteiger partial charge >= 0.3 is 18.8 Å². The third kappa shape index (κ3) is 14.0. The Morgan fingerprint density at radius 3 is 2.28 bits per heavy atom. The fraction of sp³-hybridized carbons (Fsp3) is 0.256. The molecular weight excluding hydrogens is 811 g/mol. The Morgan fingerprint density at radius 1 is 0.850 bits per heavy atom. The minimum Gasteiger partial charge on any atom is -0.871 e. The van der Waals surface area contributed by atoms with E-state index < -0.39 is 21.7 Å². The molecule has 2 aliphatic carbocycles. The fourth-order valence-electron chi connectivity index (χ4n) is 5.61. The summed E-state index contributed by atoms with van der Waals surface area (Å²) >= 11 is 0. The van der Waals surface area contributed by atoms with Crippen molar-refractivity contribution in [2.24, 2.45) is 32.1 Å². The van der Waals surface area contributed by atoms with E-state index >= 15 is 0 Å². The minimum atomic E-state index is -0.630. The number of hydroxylamine groups is 2. The zero-order valence-electron chi connectivity index (χ0n) is 34.0. The number of nitrogens with zero attached hydrogens (tertiary/aromatic N) is 6. The van der Waals surface area contributed by atoms with Crippen molar-refractivity contribution < 1.29 is 48.3 Å². The van der Waals surface area contributed by atoms with Crippen LogP contribution < -0.4 is 15.9 Å². The largest absolute Gasteiger partial charge is 3.00 e. The molecule has 60 heavy (non-hydrogen) atoms. The number of nitrogens with two attached hydrogens (primary N) is 1. The Labute approximate surface area is 359 Å². The van der Waals surface area contributed by atoms with Gasteiger partial charge in [0.05, 0.1) is 16.3 Å². The second-order valence-electron chi connectivity index (χ2n) is 13.1. The zero-order valence-corrected chi connectivity index (χ0v) is 34.2. The maximum absolute atomic E-state index is 12.0. The monoisotopic (exact) mass is 854 g/mol. The first kappa shape index (κ1) is 48.2. The molecule has 2 N–H and O–H groups in total. The summed E-state index contributed by atoms with van der Waals surface area (Å²) in [4.78, 5) is 33.8. The molecule has 6 rings (SSSR count). The molecule has 0 aliphatic heterocycles. The first-order chi connectivity index (χ1) is 28.5. The molecule has 17 heteroatoms. The summed E-state index contributed by atoms with van der Waals surface area (Å²) in [6.07, 6.45) is 12.4. The summed E-state index contributed by atoms with van der Waals surface area (Å²) in [6.45, 7) is 6.98. The van der Waals surface area contributed by atoms with Gasteiger partial charge in [0, 0.05) is 42.0 Å². The Morgan fingerprint density at radius 2 is 1.57 bits per heavy atom. The van der Waals surface area contributed by atoms with Gasteiger partial charge in [-0.05, 0) is 60.6 Å². The number of nitro groups is 1. The van der Waals surface area contributed by atoms with Gasteiger partial charge in [0.15, 0.2) is 0 Å². The molecule has 311 valence electrons. The van der Waals surface area contributed by atoms with E-state index in [4.69, 9.17) is 10.5 Å². The van der Waals surface area contributed by atoms with Crippen LogP contribution in [0, 0.1) is 26.4 Å². The number of hydrogen-bond donors (Lipinski definition) is 1. The van der Waals surface area contributed by atoms with E-state index in [-0.39, 0.29) is 64.5 Å². The number of non-ortho nitro benzene ring substituents is 1.